The van der Waals surface area contributed by atoms with Crippen LogP contribution in [0.3, 0.4) is 0 Å². The Labute approximate surface area is 146 Å². The predicted octanol–water partition coefficient (Wildman–Crippen LogP) is 2.22. The highest BCUT2D eigenvalue weighted by Crippen LogP contribution is 2.20. The van der Waals surface area contributed by atoms with Gasteiger partial charge >= 0.3 is 0 Å². The van der Waals surface area contributed by atoms with E-state index in [1.165, 1.54) is 18.5 Å². The minimum atomic E-state index is -1.68. The van der Waals surface area contributed by atoms with Gasteiger partial charge in [0.05, 0.1) is 30.0 Å². The summed E-state index contributed by atoms with van der Waals surface area (Å²) < 4.78 is 45.0. The van der Waals surface area contributed by atoms with E-state index < -0.39 is 29.0 Å². The zero-order valence-corrected chi connectivity index (χ0v) is 13.5. The molecule has 3 rings (SSSR count). The normalized spacial score (nSPS) is 14.2. The van der Waals surface area contributed by atoms with Crippen molar-refractivity contribution in [3.8, 4) is 0 Å². The molecule has 2 amide bonds. The molecule has 1 N–H and O–H groups in total. The molecule has 9 heteroatoms. The molecule has 0 spiro atoms. The van der Waals surface area contributed by atoms with Gasteiger partial charge in [-0.1, -0.05) is 0 Å². The lowest BCUT2D eigenvalue weighted by atomic mass is 10.1. The van der Waals surface area contributed by atoms with E-state index in [1.807, 2.05) is 0 Å². The van der Waals surface area contributed by atoms with E-state index >= 15 is 0 Å². The average molecular weight is 365 g/mol. The molecule has 2 heterocycles. The summed E-state index contributed by atoms with van der Waals surface area (Å²) in [5.41, 5.74) is -0.350. The van der Waals surface area contributed by atoms with Crippen molar-refractivity contribution < 1.29 is 27.5 Å². The summed E-state index contributed by atoms with van der Waals surface area (Å²) in [5.74, 6) is -5.67. The first kappa shape index (κ1) is 17.9. The van der Waals surface area contributed by atoms with E-state index in [0.29, 0.717) is 32.4 Å². The van der Waals surface area contributed by atoms with E-state index in [2.05, 4.69) is 10.3 Å². The SMILES string of the molecule is O=C(Nc1ccc(F)c(F)c1F)c1cncc(C(=O)N2CCOCC2)c1. The van der Waals surface area contributed by atoms with E-state index in [-0.39, 0.29) is 17.0 Å². The molecule has 1 fully saturated rings. The molecular formula is C17H14F3N3O3. The predicted molar refractivity (Wildman–Crippen MR) is 85.2 cm³/mol. The maximum atomic E-state index is 13.7. The monoisotopic (exact) mass is 365 g/mol. The first-order valence-electron chi connectivity index (χ1n) is 7.74. The number of morpholine rings is 1. The van der Waals surface area contributed by atoms with Crippen LogP contribution in [0.25, 0.3) is 0 Å². The van der Waals surface area contributed by atoms with Gasteiger partial charge in [0.25, 0.3) is 11.8 Å². The molecule has 136 valence electrons. The molecule has 2 aromatic rings. The fraction of sp³-hybridized carbons (Fsp3) is 0.235. The molecule has 0 radical (unpaired) electrons. The van der Waals surface area contributed by atoms with Gasteiger partial charge in [-0.25, -0.2) is 13.2 Å². The molecule has 1 aromatic heterocycles. The number of benzene rings is 1. The molecule has 0 saturated carbocycles. The topological polar surface area (TPSA) is 71.5 Å². The number of nitrogens with zero attached hydrogens (tertiary/aromatic N) is 2. The Balaban J connectivity index is 1.78. The number of aromatic nitrogens is 1. The standard InChI is InChI=1S/C17H14F3N3O3/c18-12-1-2-13(15(20)14(12)19)22-16(24)10-7-11(9-21-8-10)17(25)23-3-5-26-6-4-23/h1-2,7-9H,3-6H2,(H,22,24). The summed E-state index contributed by atoms with van der Waals surface area (Å²) >= 11 is 0. The summed E-state index contributed by atoms with van der Waals surface area (Å²) in [6.07, 6.45) is 2.50. The molecule has 1 aliphatic heterocycles. The van der Waals surface area contributed by atoms with Gasteiger partial charge in [-0.3, -0.25) is 14.6 Å². The average Bonchev–Trinajstić information content (AvgIpc) is 2.68. The fourth-order valence-corrected chi connectivity index (χ4v) is 2.45. The number of pyridine rings is 1. The van der Waals surface area contributed by atoms with Crippen molar-refractivity contribution in [1.82, 2.24) is 9.88 Å². The highest BCUT2D eigenvalue weighted by molar-refractivity contribution is 6.05. The largest absolute Gasteiger partial charge is 0.378 e. The van der Waals surface area contributed by atoms with Crippen molar-refractivity contribution in [2.75, 3.05) is 31.6 Å². The van der Waals surface area contributed by atoms with Crippen LogP contribution in [0.4, 0.5) is 18.9 Å². The number of anilines is 1. The third-order valence-corrected chi connectivity index (χ3v) is 3.83. The van der Waals surface area contributed by atoms with Crippen LogP contribution in [-0.4, -0.2) is 48.0 Å². The van der Waals surface area contributed by atoms with Crippen LogP contribution in [0, 0.1) is 17.5 Å². The summed E-state index contributed by atoms with van der Waals surface area (Å²) in [6.45, 7) is 1.70. The van der Waals surface area contributed by atoms with Crippen molar-refractivity contribution in [3.05, 3.63) is 59.2 Å². The van der Waals surface area contributed by atoms with Crippen LogP contribution in [0.1, 0.15) is 20.7 Å². The number of hydrogen-bond acceptors (Lipinski definition) is 4. The van der Waals surface area contributed by atoms with Gasteiger partial charge in [0, 0.05) is 25.5 Å². The fourth-order valence-electron chi connectivity index (χ4n) is 2.45. The summed E-state index contributed by atoms with van der Waals surface area (Å²) in [5, 5.41) is 2.13. The first-order valence-corrected chi connectivity index (χ1v) is 7.74. The second-order valence-corrected chi connectivity index (χ2v) is 5.54. The minimum absolute atomic E-state index is 0.0201. The molecule has 0 unspecified atom stereocenters. The lowest BCUT2D eigenvalue weighted by Gasteiger charge is -2.26. The Bertz CT molecular complexity index is 854. The molecule has 0 atom stereocenters. The van der Waals surface area contributed by atoms with Crippen LogP contribution in [-0.2, 0) is 4.74 Å². The number of carbonyl (C=O) groups excluding carboxylic acids is 2. The van der Waals surface area contributed by atoms with Crippen LogP contribution >= 0.6 is 0 Å². The van der Waals surface area contributed by atoms with Crippen LogP contribution < -0.4 is 5.32 Å². The smallest absolute Gasteiger partial charge is 0.257 e. The van der Waals surface area contributed by atoms with Gasteiger partial charge in [0.15, 0.2) is 17.5 Å². The highest BCUT2D eigenvalue weighted by Gasteiger charge is 2.21. The number of halogens is 3. The second-order valence-electron chi connectivity index (χ2n) is 5.54. The molecule has 0 aliphatic carbocycles. The zero-order valence-electron chi connectivity index (χ0n) is 13.5. The Morgan fingerprint density at radius 2 is 1.73 bits per heavy atom. The summed E-state index contributed by atoms with van der Waals surface area (Å²) in [7, 11) is 0. The number of hydrogen-bond donors (Lipinski definition) is 1. The van der Waals surface area contributed by atoms with Crippen molar-refractivity contribution >= 4 is 17.5 Å². The molecule has 6 nitrogen and oxygen atoms in total. The molecular weight excluding hydrogens is 351 g/mol. The number of ether oxygens (including phenoxy) is 1. The van der Waals surface area contributed by atoms with Gasteiger partial charge in [0.2, 0.25) is 0 Å². The third kappa shape index (κ3) is 3.67. The summed E-state index contributed by atoms with van der Waals surface area (Å²) in [6, 6.07) is 2.91. The first-order chi connectivity index (χ1) is 12.5. The Kier molecular flexibility index (Phi) is 5.17. The quantitative estimate of drug-likeness (QED) is 0.847. The van der Waals surface area contributed by atoms with Crippen LogP contribution in [0.5, 0.6) is 0 Å². The van der Waals surface area contributed by atoms with E-state index in [0.717, 1.165) is 6.07 Å². The maximum absolute atomic E-state index is 13.7. The van der Waals surface area contributed by atoms with Gasteiger partial charge in [0.1, 0.15) is 0 Å². The Morgan fingerprint density at radius 1 is 1.04 bits per heavy atom. The second kappa shape index (κ2) is 7.52. The van der Waals surface area contributed by atoms with Gasteiger partial charge < -0.3 is 15.0 Å². The molecule has 1 saturated heterocycles. The Hall–Kier alpha value is -2.94. The molecule has 26 heavy (non-hydrogen) atoms. The molecule has 1 aromatic carbocycles. The maximum Gasteiger partial charge on any atom is 0.257 e. The summed E-state index contributed by atoms with van der Waals surface area (Å²) in [4.78, 5) is 30.1. The highest BCUT2D eigenvalue weighted by atomic mass is 19.2. The van der Waals surface area contributed by atoms with E-state index in [4.69, 9.17) is 4.74 Å². The van der Waals surface area contributed by atoms with E-state index in [9.17, 15) is 22.8 Å². The number of rotatable bonds is 3. The minimum Gasteiger partial charge on any atom is -0.378 e. The number of nitrogens with one attached hydrogen (secondary N) is 1. The van der Waals surface area contributed by atoms with Crippen molar-refractivity contribution in [3.63, 3.8) is 0 Å². The van der Waals surface area contributed by atoms with Gasteiger partial charge in [-0.05, 0) is 18.2 Å². The lowest BCUT2D eigenvalue weighted by molar-refractivity contribution is 0.0302. The van der Waals surface area contributed by atoms with Crippen molar-refractivity contribution in [1.29, 1.82) is 0 Å². The third-order valence-electron chi connectivity index (χ3n) is 3.83. The van der Waals surface area contributed by atoms with Crippen molar-refractivity contribution in [2.24, 2.45) is 0 Å². The van der Waals surface area contributed by atoms with Crippen LogP contribution in [0.2, 0.25) is 0 Å². The number of carbonyl (C=O) groups is 2. The lowest BCUT2D eigenvalue weighted by Crippen LogP contribution is -2.40. The number of amides is 2. The van der Waals surface area contributed by atoms with Gasteiger partial charge in [-0.2, -0.15) is 0 Å². The molecule has 0 bridgehead atoms. The van der Waals surface area contributed by atoms with E-state index in [1.54, 1.807) is 4.90 Å². The molecule has 1 aliphatic rings. The Morgan fingerprint density at radius 3 is 2.46 bits per heavy atom. The van der Waals surface area contributed by atoms with Crippen LogP contribution in [0.15, 0.2) is 30.6 Å². The van der Waals surface area contributed by atoms with Crippen molar-refractivity contribution in [2.45, 2.75) is 0 Å². The zero-order chi connectivity index (χ0) is 18.7. The van der Waals surface area contributed by atoms with Gasteiger partial charge in [-0.15, -0.1) is 0 Å².